The lowest BCUT2D eigenvalue weighted by Gasteiger charge is -2.16. The summed E-state index contributed by atoms with van der Waals surface area (Å²) in [6.07, 6.45) is 4.10. The van der Waals surface area contributed by atoms with Gasteiger partial charge in [-0.1, -0.05) is 29.8 Å². The summed E-state index contributed by atoms with van der Waals surface area (Å²) >= 11 is 5.31. The first-order valence-electron chi connectivity index (χ1n) is 9.33. The van der Waals surface area contributed by atoms with Crippen molar-refractivity contribution in [1.29, 1.82) is 0 Å². The van der Waals surface area contributed by atoms with Crippen molar-refractivity contribution < 1.29 is 4.79 Å². The highest BCUT2D eigenvalue weighted by Crippen LogP contribution is 2.20. The Morgan fingerprint density at radius 3 is 2.61 bits per heavy atom. The second-order valence-electron chi connectivity index (χ2n) is 6.95. The number of H-pyrrole nitrogens is 1. The minimum absolute atomic E-state index is 0.0758. The number of benzene rings is 1. The van der Waals surface area contributed by atoms with Crippen molar-refractivity contribution in [2.75, 3.05) is 23.3 Å². The van der Waals surface area contributed by atoms with Gasteiger partial charge >= 0.3 is 0 Å². The van der Waals surface area contributed by atoms with Gasteiger partial charge in [-0.05, 0) is 44.1 Å². The first kappa shape index (κ1) is 18.4. The number of aromatic amines is 1. The molecule has 0 spiro atoms. The molecule has 0 bridgehead atoms. The molecule has 2 aromatic heterocycles. The summed E-state index contributed by atoms with van der Waals surface area (Å²) < 4.78 is 2.11. The fourth-order valence-electron chi connectivity index (χ4n) is 3.32. The number of carbonyl (C=O) groups excluding carboxylic acids is 1. The fraction of sp³-hybridized carbons (Fsp3) is 0.300. The van der Waals surface area contributed by atoms with Crippen LogP contribution in [0.3, 0.4) is 0 Å². The van der Waals surface area contributed by atoms with Crippen LogP contribution in [0.2, 0.25) is 0 Å². The highest BCUT2D eigenvalue weighted by atomic mass is 32.1. The maximum Gasteiger partial charge on any atom is 0.244 e. The molecule has 1 aliphatic heterocycles. The van der Waals surface area contributed by atoms with Crippen LogP contribution in [0.4, 0.5) is 11.5 Å². The lowest BCUT2D eigenvalue weighted by atomic mass is 10.1. The quantitative estimate of drug-likeness (QED) is 0.647. The van der Waals surface area contributed by atoms with Crippen LogP contribution >= 0.6 is 12.2 Å². The van der Waals surface area contributed by atoms with Gasteiger partial charge in [-0.25, -0.2) is 4.98 Å². The molecule has 4 rings (SSSR count). The number of nitrogens with one attached hydrogen (secondary N) is 2. The van der Waals surface area contributed by atoms with Gasteiger partial charge in [0.05, 0.1) is 11.9 Å². The molecule has 1 amide bonds. The monoisotopic (exact) mass is 394 g/mol. The van der Waals surface area contributed by atoms with Crippen LogP contribution < -0.4 is 10.2 Å². The van der Waals surface area contributed by atoms with Crippen molar-refractivity contribution in [1.82, 2.24) is 19.7 Å². The molecule has 144 valence electrons. The van der Waals surface area contributed by atoms with E-state index in [2.05, 4.69) is 25.4 Å². The third kappa shape index (κ3) is 3.96. The molecule has 0 unspecified atom stereocenters. The standard InChI is InChI=1S/C20H22N6OS/c1-14-4-6-15(7-5-14)19-23-24-20(28)26(19)13-18(27)22-16-8-9-17(21-12-16)25-10-2-3-11-25/h4-9,12H,2-3,10-11,13H2,1H3,(H,22,27)(H,24,28). The van der Waals surface area contributed by atoms with Crippen LogP contribution in [0.5, 0.6) is 0 Å². The van der Waals surface area contributed by atoms with E-state index in [1.54, 1.807) is 10.8 Å². The zero-order valence-corrected chi connectivity index (χ0v) is 16.5. The van der Waals surface area contributed by atoms with E-state index >= 15 is 0 Å². The molecule has 0 atom stereocenters. The van der Waals surface area contributed by atoms with E-state index in [0.29, 0.717) is 16.3 Å². The van der Waals surface area contributed by atoms with Gasteiger partial charge < -0.3 is 10.2 Å². The Morgan fingerprint density at radius 2 is 1.93 bits per heavy atom. The summed E-state index contributed by atoms with van der Waals surface area (Å²) in [5.74, 6) is 1.42. The number of rotatable bonds is 5. The third-order valence-electron chi connectivity index (χ3n) is 4.83. The number of aryl methyl sites for hydroxylation is 1. The molecule has 8 heteroatoms. The van der Waals surface area contributed by atoms with E-state index in [4.69, 9.17) is 12.2 Å². The topological polar surface area (TPSA) is 78.8 Å². The molecule has 28 heavy (non-hydrogen) atoms. The van der Waals surface area contributed by atoms with Crippen LogP contribution in [-0.4, -0.2) is 38.7 Å². The van der Waals surface area contributed by atoms with E-state index < -0.39 is 0 Å². The predicted molar refractivity (Wildman–Crippen MR) is 112 cm³/mol. The summed E-state index contributed by atoms with van der Waals surface area (Å²) in [5.41, 5.74) is 2.73. The fourth-order valence-corrected chi connectivity index (χ4v) is 3.52. The summed E-state index contributed by atoms with van der Waals surface area (Å²) in [6, 6.07) is 11.8. The summed E-state index contributed by atoms with van der Waals surface area (Å²) in [6.45, 7) is 4.18. The smallest absolute Gasteiger partial charge is 0.244 e. The molecule has 0 aliphatic carbocycles. The number of aromatic nitrogens is 4. The molecule has 1 fully saturated rings. The molecule has 1 saturated heterocycles. The van der Waals surface area contributed by atoms with Crippen LogP contribution in [0.15, 0.2) is 42.6 Å². The summed E-state index contributed by atoms with van der Waals surface area (Å²) in [5, 5.41) is 9.94. The maximum atomic E-state index is 12.6. The largest absolute Gasteiger partial charge is 0.357 e. The van der Waals surface area contributed by atoms with Gasteiger partial charge in [0.15, 0.2) is 10.6 Å². The Kier molecular flexibility index (Phi) is 5.21. The maximum absolute atomic E-state index is 12.6. The van der Waals surface area contributed by atoms with E-state index in [1.807, 2.05) is 43.3 Å². The van der Waals surface area contributed by atoms with Crippen LogP contribution in [0.1, 0.15) is 18.4 Å². The van der Waals surface area contributed by atoms with Crippen LogP contribution in [0.25, 0.3) is 11.4 Å². The van der Waals surface area contributed by atoms with E-state index in [1.165, 1.54) is 12.8 Å². The predicted octanol–water partition coefficient (Wildman–Crippen LogP) is 3.55. The lowest BCUT2D eigenvalue weighted by molar-refractivity contribution is -0.116. The molecule has 3 aromatic rings. The van der Waals surface area contributed by atoms with Crippen molar-refractivity contribution >= 4 is 29.6 Å². The van der Waals surface area contributed by atoms with Gasteiger partial charge in [0.2, 0.25) is 5.91 Å². The average Bonchev–Trinajstić information content (AvgIpc) is 3.34. The van der Waals surface area contributed by atoms with Crippen molar-refractivity contribution in [3.8, 4) is 11.4 Å². The summed E-state index contributed by atoms with van der Waals surface area (Å²) in [7, 11) is 0. The van der Waals surface area contributed by atoms with Gasteiger partial charge in [0.25, 0.3) is 0 Å². The Balaban J connectivity index is 1.46. The zero-order valence-electron chi connectivity index (χ0n) is 15.7. The highest BCUT2D eigenvalue weighted by molar-refractivity contribution is 7.71. The lowest BCUT2D eigenvalue weighted by Crippen LogP contribution is -2.21. The molecule has 1 aliphatic rings. The molecule has 7 nitrogen and oxygen atoms in total. The van der Waals surface area contributed by atoms with E-state index in [-0.39, 0.29) is 12.5 Å². The number of anilines is 2. The van der Waals surface area contributed by atoms with Gasteiger partial charge in [0, 0.05) is 18.7 Å². The van der Waals surface area contributed by atoms with Crippen molar-refractivity contribution in [2.24, 2.45) is 0 Å². The number of amides is 1. The van der Waals surface area contributed by atoms with Crippen molar-refractivity contribution in [2.45, 2.75) is 26.3 Å². The normalized spacial score (nSPS) is 13.7. The second-order valence-corrected chi connectivity index (χ2v) is 7.34. The summed E-state index contributed by atoms with van der Waals surface area (Å²) in [4.78, 5) is 19.3. The third-order valence-corrected chi connectivity index (χ3v) is 5.14. The molecule has 2 N–H and O–H groups in total. The van der Waals surface area contributed by atoms with Crippen LogP contribution in [0, 0.1) is 11.7 Å². The minimum Gasteiger partial charge on any atom is -0.357 e. The Morgan fingerprint density at radius 1 is 1.18 bits per heavy atom. The number of hydrogen-bond acceptors (Lipinski definition) is 5. The number of nitrogens with zero attached hydrogens (tertiary/aromatic N) is 4. The number of hydrogen-bond donors (Lipinski definition) is 2. The van der Waals surface area contributed by atoms with Gasteiger partial charge in [-0.15, -0.1) is 0 Å². The van der Waals surface area contributed by atoms with Crippen molar-refractivity contribution in [3.05, 3.63) is 52.9 Å². The minimum atomic E-state index is -0.179. The van der Waals surface area contributed by atoms with E-state index in [9.17, 15) is 4.79 Å². The molecule has 3 heterocycles. The average molecular weight is 395 g/mol. The Hall–Kier alpha value is -3.00. The SMILES string of the molecule is Cc1ccc(-c2n[nH]c(=S)n2CC(=O)Nc2ccc(N3CCCC3)nc2)cc1. The van der Waals surface area contributed by atoms with Gasteiger partial charge in [-0.3, -0.25) is 14.5 Å². The Bertz CT molecular complexity index is 1020. The number of pyridine rings is 1. The van der Waals surface area contributed by atoms with Gasteiger partial charge in [-0.2, -0.15) is 5.10 Å². The zero-order chi connectivity index (χ0) is 19.5. The second kappa shape index (κ2) is 7.93. The first-order chi connectivity index (χ1) is 13.6. The Labute approximate surface area is 168 Å². The molecule has 1 aromatic carbocycles. The molecule has 0 saturated carbocycles. The van der Waals surface area contributed by atoms with E-state index in [0.717, 1.165) is 30.0 Å². The molecular formula is C20H22N6OS. The van der Waals surface area contributed by atoms with Crippen LogP contribution in [-0.2, 0) is 11.3 Å². The molecular weight excluding hydrogens is 372 g/mol. The first-order valence-corrected chi connectivity index (χ1v) is 9.74. The van der Waals surface area contributed by atoms with Gasteiger partial charge in [0.1, 0.15) is 12.4 Å². The highest BCUT2D eigenvalue weighted by Gasteiger charge is 2.15. The number of carbonyl (C=O) groups is 1. The molecule has 0 radical (unpaired) electrons. The van der Waals surface area contributed by atoms with Crippen molar-refractivity contribution in [3.63, 3.8) is 0 Å².